The second kappa shape index (κ2) is 51.5. The molecule has 10 rings (SSSR count). The lowest BCUT2D eigenvalue weighted by molar-refractivity contribution is -0.412. The quantitative estimate of drug-likeness (QED) is 0.0271. The fourth-order valence-corrected chi connectivity index (χ4v) is 17.7. The molecule has 35 N–H and O–H groups in total. The largest absolute Gasteiger partial charge is 0.394 e. The predicted molar refractivity (Wildman–Crippen MR) is 433 cm³/mol. The third-order valence-electron chi connectivity index (χ3n) is 25.0. The molecule has 0 saturated carbocycles. The van der Waals surface area contributed by atoms with Crippen LogP contribution in [0.2, 0.25) is 0 Å². The van der Waals surface area contributed by atoms with Crippen LogP contribution < -0.4 is 31.9 Å². The molecule has 10 aliphatic heterocycles. The Hall–Kier alpha value is -5.14. The Morgan fingerprint density at radius 3 is 0.978 bits per heavy atom. The number of aliphatic hydroxyl groups excluding tert-OH is 29. The minimum atomic E-state index is -2.90. The van der Waals surface area contributed by atoms with Gasteiger partial charge in [0.1, 0.15) is 256 Å². The van der Waals surface area contributed by atoms with Gasteiger partial charge in [-0.25, -0.2) is 0 Å². The zero-order valence-electron chi connectivity index (χ0n) is 75.5. The molecule has 139 heavy (non-hydrogen) atoms. The highest BCUT2D eigenvalue weighted by Gasteiger charge is 2.63. The molecule has 0 unspecified atom stereocenters. The molecular formula is C78H132N6O55. The van der Waals surface area contributed by atoms with Crippen molar-refractivity contribution in [3.8, 4) is 0 Å². The van der Waals surface area contributed by atoms with Gasteiger partial charge in [-0.3, -0.25) is 28.8 Å². The summed E-state index contributed by atoms with van der Waals surface area (Å²) in [5, 5.41) is 344. The molecule has 0 spiro atoms. The number of carbonyl (C=O) groups is 6. The van der Waals surface area contributed by atoms with E-state index < -0.39 is 439 Å². The minimum Gasteiger partial charge on any atom is -0.394 e. The normalized spacial score (nSPS) is 45.9. The summed E-state index contributed by atoms with van der Waals surface area (Å²) in [6.07, 6.45) is -107. The maximum absolute atomic E-state index is 13.7. The highest BCUT2D eigenvalue weighted by Crippen LogP contribution is 2.42. The van der Waals surface area contributed by atoms with Crippen LogP contribution in [0.15, 0.2) is 0 Å². The van der Waals surface area contributed by atoms with Crippen molar-refractivity contribution in [1.29, 1.82) is 0 Å². The molecule has 6 amide bonds. The predicted octanol–water partition coefficient (Wildman–Crippen LogP) is -23.5. The standard InChI is InChI=1S/C78H132N6O55/c1-19-42(101)54(113)57(116)74(122-19)120-17-27(100)61(43(102)26(8-85)79-20(2)94)132-72-40(83-24(6)98)52(111)63(34(15-92)128-72)135-76-60(119)66(137-78-68(139-71-39(82-23(5)97)51(110)46(105)30(11-88)125-71)59(118)64(35(16-93)130-78)133-69-37(80-21(3)95)49(108)44(103)28(9-86)123-69)65(136-70-38(81-22(4)96)50(109)45(104)29(10-87)124-70)36(131-76)18-121-77-67(56(115)48(107)32(13-90)127-77)138-73-41(84-25(7)99)53(112)62(33(14-91)129-73)134-75-58(117)55(114)47(106)31(12-89)126-75/h19,26-78,85-93,100-119H,8-18H2,1-7H3,(H,79,94)(H,80,95)(H,81,96)(H,82,97)(H,83,98)(H,84,99)/t19-,26-,27+,28+,29+,30+,31+,32+,33+,34+,35+,36+,37+,38+,39-,40+,41+,42+,43+,44+,45+,46+,47-,48+,49+,50+,51+,52+,53+,54+,55-,56-,57-,58+,59-,60-,61+,62+,63+,64+,65+,66+,67-,68-,69-,70-,71-,72-,73-,74+,75-,76-,77-,78+/m0/s1. The molecule has 0 aliphatic carbocycles. The van der Waals surface area contributed by atoms with Gasteiger partial charge in [0.25, 0.3) is 0 Å². The van der Waals surface area contributed by atoms with Crippen molar-refractivity contribution in [1.82, 2.24) is 31.9 Å². The van der Waals surface area contributed by atoms with Gasteiger partial charge in [-0.15, -0.1) is 0 Å². The fraction of sp³-hybridized carbons (Fsp3) is 0.923. The molecule has 10 saturated heterocycles. The Kier molecular flexibility index (Phi) is 42.9. The number of ether oxygens (including phenoxy) is 20. The lowest BCUT2D eigenvalue weighted by Gasteiger charge is -2.53. The minimum absolute atomic E-state index is 0.847. The van der Waals surface area contributed by atoms with E-state index in [1.54, 1.807) is 0 Å². The maximum Gasteiger partial charge on any atom is 0.217 e. The Balaban J connectivity index is 1.13. The Labute approximate surface area is 788 Å². The number of nitrogens with one attached hydrogen (secondary N) is 6. The van der Waals surface area contributed by atoms with Crippen molar-refractivity contribution >= 4 is 35.4 Å². The molecular weight excluding hydrogens is 1900 g/mol. The van der Waals surface area contributed by atoms with Gasteiger partial charge in [0.2, 0.25) is 35.4 Å². The molecule has 0 bridgehead atoms. The first-order valence-electron chi connectivity index (χ1n) is 44.4. The number of amides is 6. The monoisotopic (exact) mass is 2030 g/mol. The molecule has 0 radical (unpaired) electrons. The number of aliphatic hydroxyl groups is 29. The van der Waals surface area contributed by atoms with Gasteiger partial charge in [0, 0.05) is 41.5 Å². The van der Waals surface area contributed by atoms with E-state index >= 15 is 0 Å². The first-order chi connectivity index (χ1) is 65.7. The lowest BCUT2D eigenvalue weighted by Crippen LogP contribution is -2.72. The summed E-state index contributed by atoms with van der Waals surface area (Å²) in [6, 6.07) is -12.1. The first kappa shape index (κ1) is 116. The molecule has 10 fully saturated rings. The van der Waals surface area contributed by atoms with Crippen molar-refractivity contribution in [3.63, 3.8) is 0 Å². The Bertz CT molecular complexity index is 3840. The van der Waals surface area contributed by atoms with Crippen LogP contribution in [0.4, 0.5) is 0 Å². The third kappa shape index (κ3) is 26.9. The number of rotatable bonds is 40. The van der Waals surface area contributed by atoms with Crippen molar-refractivity contribution < 1.29 is 272 Å². The van der Waals surface area contributed by atoms with Crippen LogP contribution in [-0.4, -0.2) is 587 Å². The zero-order valence-corrected chi connectivity index (χ0v) is 75.5. The fourth-order valence-electron chi connectivity index (χ4n) is 17.7. The molecule has 10 heterocycles. The van der Waals surface area contributed by atoms with Crippen molar-refractivity contribution in [2.24, 2.45) is 0 Å². The Morgan fingerprint density at radius 1 is 0.266 bits per heavy atom. The SMILES string of the molecule is CC(=O)N[C@@H]1[C@H](O[C@@H]2[C@@H](O[C@@H]3[C@H](O)[C@H](O[C@H]4[C@H](O)[C@@H](NC(C)=O)[C@H](O[C@@H]([C@H](O)[C@H](CO)NC(C)=O)[C@H](O)CO[C@@H]5O[C@@H](C)[C@@H](O)[C@@H](O)[C@@H]5O)O[C@@H]4CO)O[C@H](CO[C@H]4O[C@H](CO)[C@@H](O)[C@H](O)[C@@H]4O[C@@H]4O[C@H](CO)[C@@H](O[C@@H]5O[C@H](CO)[C@H](O)[C@H](O)[C@H]5O)[C@H](O)[C@H]4NC(C)=O)[C@H]3O[C@@H]3O[C@H](CO)[C@@H](O)[C@H](O)[C@H]3NC(C)=O)O[C@H](CO)[C@@H](O[C@@H]3O[C@H](CO)[C@@H](O)[C@H](O)[C@H]3NC(C)=O)[C@@H]2O)O[C@H](CO)[C@@H](O)[C@@H]1O. The van der Waals surface area contributed by atoms with Crippen molar-refractivity contribution in [2.75, 3.05) is 72.7 Å². The van der Waals surface area contributed by atoms with Gasteiger partial charge in [-0.05, 0) is 6.92 Å². The average Bonchev–Trinajstić information content (AvgIpc) is 0.750. The molecule has 804 valence electrons. The van der Waals surface area contributed by atoms with Gasteiger partial charge in [-0.1, -0.05) is 0 Å². The van der Waals surface area contributed by atoms with E-state index in [1.165, 1.54) is 6.92 Å². The van der Waals surface area contributed by atoms with Crippen LogP contribution in [0, 0.1) is 0 Å². The van der Waals surface area contributed by atoms with Gasteiger partial charge in [0.05, 0.1) is 84.8 Å². The van der Waals surface area contributed by atoms with E-state index in [9.17, 15) is 177 Å². The van der Waals surface area contributed by atoms with E-state index in [-0.39, 0.29) is 0 Å². The van der Waals surface area contributed by atoms with Crippen LogP contribution in [-0.2, 0) is 124 Å². The van der Waals surface area contributed by atoms with Gasteiger partial charge < -0.3 is 275 Å². The summed E-state index contributed by atoms with van der Waals surface area (Å²) in [5.74, 6) is -6.04. The van der Waals surface area contributed by atoms with Gasteiger partial charge in [0.15, 0.2) is 62.9 Å². The van der Waals surface area contributed by atoms with E-state index in [0.29, 0.717) is 0 Å². The molecule has 0 aromatic rings. The van der Waals surface area contributed by atoms with Crippen LogP contribution in [0.3, 0.4) is 0 Å². The smallest absolute Gasteiger partial charge is 0.217 e. The van der Waals surface area contributed by atoms with Crippen molar-refractivity contribution in [2.45, 2.75) is 380 Å². The van der Waals surface area contributed by atoms with Gasteiger partial charge in [-0.2, -0.15) is 0 Å². The van der Waals surface area contributed by atoms with E-state index in [1.807, 2.05) is 0 Å². The molecule has 61 heteroatoms. The molecule has 10 aliphatic rings. The topological polar surface area (TPSA) is 946 Å². The second-order valence-electron chi connectivity index (χ2n) is 35.0. The van der Waals surface area contributed by atoms with Crippen LogP contribution in [0.1, 0.15) is 48.5 Å². The summed E-state index contributed by atoms with van der Waals surface area (Å²) in [6.45, 7) is -6.86. The molecule has 61 nitrogen and oxygen atoms in total. The second-order valence-corrected chi connectivity index (χ2v) is 35.0. The van der Waals surface area contributed by atoms with Crippen LogP contribution in [0.25, 0.3) is 0 Å². The van der Waals surface area contributed by atoms with E-state index in [4.69, 9.17) is 94.7 Å². The number of hydrogen-bond donors (Lipinski definition) is 35. The molecule has 0 aromatic heterocycles. The highest BCUT2D eigenvalue weighted by atomic mass is 16.8. The summed E-state index contributed by atoms with van der Waals surface area (Å²) in [7, 11) is 0. The average molecular weight is 2030 g/mol. The van der Waals surface area contributed by atoms with E-state index in [0.717, 1.165) is 41.5 Å². The summed E-state index contributed by atoms with van der Waals surface area (Å²) < 4.78 is 123. The number of carbonyl (C=O) groups excluding carboxylic acids is 6. The van der Waals surface area contributed by atoms with Crippen LogP contribution >= 0.6 is 0 Å². The number of hydrogen-bond acceptors (Lipinski definition) is 55. The molecule has 0 aromatic carbocycles. The van der Waals surface area contributed by atoms with Crippen molar-refractivity contribution in [3.05, 3.63) is 0 Å². The first-order valence-corrected chi connectivity index (χ1v) is 44.4. The van der Waals surface area contributed by atoms with E-state index in [2.05, 4.69) is 31.9 Å². The summed E-state index contributed by atoms with van der Waals surface area (Å²) in [5.41, 5.74) is 0. The summed E-state index contributed by atoms with van der Waals surface area (Å²) in [4.78, 5) is 78.6. The third-order valence-corrected chi connectivity index (χ3v) is 25.0. The highest BCUT2D eigenvalue weighted by molar-refractivity contribution is 5.75. The Morgan fingerprint density at radius 2 is 0.568 bits per heavy atom. The molecule has 54 atom stereocenters. The van der Waals surface area contributed by atoms with Crippen LogP contribution in [0.5, 0.6) is 0 Å². The maximum atomic E-state index is 13.7. The zero-order chi connectivity index (χ0) is 103. The summed E-state index contributed by atoms with van der Waals surface area (Å²) >= 11 is 0. The van der Waals surface area contributed by atoms with Gasteiger partial charge >= 0.3 is 0 Å². The lowest BCUT2D eigenvalue weighted by atomic mass is 9.93.